The summed E-state index contributed by atoms with van der Waals surface area (Å²) in [6.45, 7) is 0.684. The van der Waals surface area contributed by atoms with E-state index < -0.39 is 0 Å². The van der Waals surface area contributed by atoms with E-state index in [1.54, 1.807) is 0 Å². The summed E-state index contributed by atoms with van der Waals surface area (Å²) in [7, 11) is 0. The van der Waals surface area contributed by atoms with Crippen molar-refractivity contribution in [2.75, 3.05) is 0 Å². The van der Waals surface area contributed by atoms with Crippen molar-refractivity contribution in [1.29, 1.82) is 0 Å². The summed E-state index contributed by atoms with van der Waals surface area (Å²) in [5.41, 5.74) is 13.2. The molecule has 4 atom stereocenters. The van der Waals surface area contributed by atoms with E-state index in [2.05, 4.69) is 12.1 Å². The van der Waals surface area contributed by atoms with Gasteiger partial charge in [0.1, 0.15) is 0 Å². The van der Waals surface area contributed by atoms with Crippen LogP contribution in [-0.2, 0) is 11.3 Å². The highest BCUT2D eigenvalue weighted by Gasteiger charge is 2.65. The normalized spacial score (nSPS) is 40.8. The van der Waals surface area contributed by atoms with Crippen molar-refractivity contribution >= 4 is 0 Å². The van der Waals surface area contributed by atoms with Gasteiger partial charge in [0.15, 0.2) is 0 Å². The second-order valence-corrected chi connectivity index (χ2v) is 5.10. The van der Waals surface area contributed by atoms with Crippen molar-refractivity contribution in [2.24, 2.45) is 17.4 Å². The maximum Gasteiger partial charge on any atom is 0.0720 e. The molecule has 86 valence electrons. The minimum atomic E-state index is -0.110. The van der Waals surface area contributed by atoms with Gasteiger partial charge in [-0.15, -0.1) is 0 Å². The molecule has 2 aliphatic carbocycles. The summed E-state index contributed by atoms with van der Waals surface area (Å²) in [5, 5.41) is 0. The molecule has 0 aromatic heterocycles. The van der Waals surface area contributed by atoms with Gasteiger partial charge in [-0.2, -0.15) is 0 Å². The molecule has 0 saturated heterocycles. The van der Waals surface area contributed by atoms with Crippen LogP contribution in [0.5, 0.6) is 0 Å². The Morgan fingerprint density at radius 3 is 2.69 bits per heavy atom. The first-order valence-corrected chi connectivity index (χ1v) is 5.90. The van der Waals surface area contributed by atoms with Crippen molar-refractivity contribution in [2.45, 2.75) is 37.1 Å². The lowest BCUT2D eigenvalue weighted by atomic mass is 10.1. The van der Waals surface area contributed by atoms with E-state index in [1.807, 2.05) is 18.2 Å². The summed E-state index contributed by atoms with van der Waals surface area (Å²) < 4.78 is 5.87. The first-order valence-electron chi connectivity index (χ1n) is 5.90. The Hall–Kier alpha value is -0.900. The SMILES string of the molecule is NC1C2CC(OCc3ccccc3)CC12N. The Kier molecular flexibility index (Phi) is 2.28. The third-order valence-corrected chi connectivity index (χ3v) is 4.06. The smallest absolute Gasteiger partial charge is 0.0720 e. The molecule has 0 aliphatic heterocycles. The largest absolute Gasteiger partial charge is 0.373 e. The van der Waals surface area contributed by atoms with Crippen LogP contribution in [0.1, 0.15) is 18.4 Å². The number of nitrogens with two attached hydrogens (primary N) is 2. The first kappa shape index (κ1) is 10.3. The van der Waals surface area contributed by atoms with Crippen molar-refractivity contribution in [3.05, 3.63) is 35.9 Å². The topological polar surface area (TPSA) is 61.3 Å². The van der Waals surface area contributed by atoms with Gasteiger partial charge >= 0.3 is 0 Å². The number of fused-ring (bicyclic) bond motifs is 1. The Labute approximate surface area is 95.8 Å². The van der Waals surface area contributed by atoms with Gasteiger partial charge in [-0.25, -0.2) is 0 Å². The molecule has 2 saturated carbocycles. The van der Waals surface area contributed by atoms with E-state index in [0.29, 0.717) is 18.6 Å². The highest BCUT2D eigenvalue weighted by atomic mass is 16.5. The Morgan fingerprint density at radius 2 is 2.06 bits per heavy atom. The van der Waals surface area contributed by atoms with E-state index in [4.69, 9.17) is 16.2 Å². The molecular weight excluding hydrogens is 200 g/mol. The minimum Gasteiger partial charge on any atom is -0.373 e. The highest BCUT2D eigenvalue weighted by Crippen LogP contribution is 2.53. The van der Waals surface area contributed by atoms with Crippen molar-refractivity contribution in [3.63, 3.8) is 0 Å². The maximum absolute atomic E-state index is 6.15. The molecule has 0 amide bonds. The van der Waals surface area contributed by atoms with Gasteiger partial charge in [-0.1, -0.05) is 30.3 Å². The lowest BCUT2D eigenvalue weighted by molar-refractivity contribution is 0.0353. The first-order chi connectivity index (χ1) is 7.70. The molecule has 1 aromatic rings. The van der Waals surface area contributed by atoms with Crippen molar-refractivity contribution in [3.8, 4) is 0 Å². The molecule has 3 heteroatoms. The molecule has 2 aliphatic rings. The van der Waals surface area contributed by atoms with Crippen LogP contribution in [0.2, 0.25) is 0 Å². The van der Waals surface area contributed by atoms with Crippen LogP contribution in [0.3, 0.4) is 0 Å². The number of ether oxygens (including phenoxy) is 1. The molecule has 16 heavy (non-hydrogen) atoms. The van der Waals surface area contributed by atoms with Gasteiger partial charge in [0.25, 0.3) is 0 Å². The molecule has 2 fully saturated rings. The third kappa shape index (κ3) is 1.56. The summed E-state index contributed by atoms with van der Waals surface area (Å²) in [5.74, 6) is 0.494. The van der Waals surface area contributed by atoms with Gasteiger partial charge in [-0.05, 0) is 24.3 Å². The molecule has 3 nitrogen and oxygen atoms in total. The average Bonchev–Trinajstić information content (AvgIpc) is 2.67. The molecule has 3 rings (SSSR count). The van der Waals surface area contributed by atoms with Crippen LogP contribution in [0.15, 0.2) is 30.3 Å². The van der Waals surface area contributed by atoms with Crippen LogP contribution >= 0.6 is 0 Å². The predicted octanol–water partition coefficient (Wildman–Crippen LogP) is 1.02. The van der Waals surface area contributed by atoms with E-state index in [9.17, 15) is 0 Å². The molecule has 0 radical (unpaired) electrons. The van der Waals surface area contributed by atoms with E-state index in [-0.39, 0.29) is 11.6 Å². The fourth-order valence-corrected chi connectivity index (χ4v) is 2.90. The number of hydrogen-bond donors (Lipinski definition) is 2. The Morgan fingerprint density at radius 1 is 1.31 bits per heavy atom. The van der Waals surface area contributed by atoms with E-state index in [0.717, 1.165) is 12.8 Å². The van der Waals surface area contributed by atoms with Crippen LogP contribution in [0.4, 0.5) is 0 Å². The number of hydrogen-bond acceptors (Lipinski definition) is 3. The fraction of sp³-hybridized carbons (Fsp3) is 0.538. The van der Waals surface area contributed by atoms with Gasteiger partial charge < -0.3 is 16.2 Å². The van der Waals surface area contributed by atoms with Crippen LogP contribution in [0, 0.1) is 5.92 Å². The zero-order valence-corrected chi connectivity index (χ0v) is 9.30. The minimum absolute atomic E-state index is 0.110. The second kappa shape index (κ2) is 3.55. The second-order valence-electron chi connectivity index (χ2n) is 5.10. The third-order valence-electron chi connectivity index (χ3n) is 4.06. The van der Waals surface area contributed by atoms with E-state index in [1.165, 1.54) is 5.56 Å². The molecular formula is C13H18N2O. The molecule has 0 heterocycles. The summed E-state index contributed by atoms with van der Waals surface area (Å²) in [6, 6.07) is 10.5. The average molecular weight is 218 g/mol. The van der Waals surface area contributed by atoms with Crippen LogP contribution in [0.25, 0.3) is 0 Å². The van der Waals surface area contributed by atoms with Gasteiger partial charge in [0.2, 0.25) is 0 Å². The Bertz CT molecular complexity index is 381. The molecule has 0 spiro atoms. The quantitative estimate of drug-likeness (QED) is 0.796. The van der Waals surface area contributed by atoms with Gasteiger partial charge in [0, 0.05) is 11.6 Å². The monoisotopic (exact) mass is 218 g/mol. The molecule has 1 aromatic carbocycles. The van der Waals surface area contributed by atoms with Crippen LogP contribution < -0.4 is 11.5 Å². The lowest BCUT2D eigenvalue weighted by Crippen LogP contribution is -2.33. The van der Waals surface area contributed by atoms with Crippen molar-refractivity contribution in [1.82, 2.24) is 0 Å². The van der Waals surface area contributed by atoms with Gasteiger partial charge in [0.05, 0.1) is 12.7 Å². The summed E-state index contributed by atoms with van der Waals surface area (Å²) in [6.07, 6.45) is 2.26. The Balaban J connectivity index is 1.52. The van der Waals surface area contributed by atoms with Crippen LogP contribution in [-0.4, -0.2) is 17.7 Å². The molecule has 4 N–H and O–H groups in total. The van der Waals surface area contributed by atoms with Crippen molar-refractivity contribution < 1.29 is 4.74 Å². The number of rotatable bonds is 3. The van der Waals surface area contributed by atoms with E-state index >= 15 is 0 Å². The predicted molar refractivity (Wildman–Crippen MR) is 62.6 cm³/mol. The number of benzene rings is 1. The summed E-state index contributed by atoms with van der Waals surface area (Å²) in [4.78, 5) is 0. The fourth-order valence-electron chi connectivity index (χ4n) is 2.90. The van der Waals surface area contributed by atoms with Gasteiger partial charge in [-0.3, -0.25) is 0 Å². The molecule has 0 bridgehead atoms. The maximum atomic E-state index is 6.15. The zero-order valence-electron chi connectivity index (χ0n) is 9.30. The standard InChI is InChI=1S/C13H18N2O/c14-12-11-6-10(7-13(11,12)15)16-8-9-4-2-1-3-5-9/h1-5,10-12H,6-8,14-15H2. The zero-order chi connectivity index (χ0) is 11.2. The molecule has 4 unspecified atom stereocenters. The lowest BCUT2D eigenvalue weighted by Gasteiger charge is -2.16. The highest BCUT2D eigenvalue weighted by molar-refractivity contribution is 5.25. The summed E-state index contributed by atoms with van der Waals surface area (Å²) >= 11 is 0.